The Morgan fingerprint density at radius 2 is 1.62 bits per heavy atom. The maximum Gasteiger partial charge on any atom is 0.309 e. The highest BCUT2D eigenvalue weighted by Gasteiger charge is 2.39. The summed E-state index contributed by atoms with van der Waals surface area (Å²) in [5.41, 5.74) is -1.14. The summed E-state index contributed by atoms with van der Waals surface area (Å²) in [5.74, 6) is -1.02. The summed E-state index contributed by atoms with van der Waals surface area (Å²) < 4.78 is 0. The molecule has 92 valence electrons. The molecule has 0 saturated heterocycles. The Bertz CT molecular complexity index is 244. The van der Waals surface area contributed by atoms with Crippen LogP contribution in [-0.4, -0.2) is 33.5 Å². The molecule has 0 aliphatic heterocycles. The van der Waals surface area contributed by atoms with E-state index in [0.29, 0.717) is 6.42 Å². The molecule has 2 atom stereocenters. The number of carbonyl (C=O) groups is 1. The zero-order chi connectivity index (χ0) is 12.8. The van der Waals surface area contributed by atoms with Gasteiger partial charge in [0, 0.05) is 0 Å². The van der Waals surface area contributed by atoms with Crippen molar-refractivity contribution in [1.29, 1.82) is 0 Å². The summed E-state index contributed by atoms with van der Waals surface area (Å²) in [6.07, 6.45) is 1.26. The highest BCUT2D eigenvalue weighted by molar-refractivity contribution is 5.74. The minimum Gasteiger partial charge on any atom is -0.481 e. The highest BCUT2D eigenvalue weighted by atomic mass is 16.4. The van der Waals surface area contributed by atoms with E-state index < -0.39 is 23.6 Å². The summed E-state index contributed by atoms with van der Waals surface area (Å²) in [5, 5.41) is 28.2. The lowest BCUT2D eigenvalue weighted by Gasteiger charge is -2.30. The quantitative estimate of drug-likeness (QED) is 0.548. The molecule has 0 aliphatic carbocycles. The molecule has 0 bridgehead atoms. The average Bonchev–Trinajstić information content (AvgIpc) is 2.27. The molecule has 0 saturated carbocycles. The van der Waals surface area contributed by atoms with Crippen molar-refractivity contribution in [1.82, 2.24) is 0 Å². The molecule has 4 nitrogen and oxygen atoms in total. The molecule has 0 aromatic carbocycles. The van der Waals surface area contributed by atoms with Gasteiger partial charge >= 0.3 is 5.97 Å². The molecule has 0 rings (SSSR count). The Labute approximate surface area is 95.9 Å². The first-order valence-electron chi connectivity index (χ1n) is 5.26. The highest BCUT2D eigenvalue weighted by Crippen LogP contribution is 2.34. The minimum absolute atomic E-state index is 0.0488. The molecule has 0 aliphatic rings. The number of aliphatic hydroxyl groups excluding tert-OH is 2. The Morgan fingerprint density at radius 3 is 1.81 bits per heavy atom. The van der Waals surface area contributed by atoms with E-state index in [-0.39, 0.29) is 12.8 Å². The van der Waals surface area contributed by atoms with E-state index in [9.17, 15) is 20.1 Å². The second-order valence-electron chi connectivity index (χ2n) is 3.95. The van der Waals surface area contributed by atoms with Crippen LogP contribution in [0.2, 0.25) is 0 Å². The molecule has 0 aromatic rings. The average molecular weight is 228 g/mol. The van der Waals surface area contributed by atoms with Crippen LogP contribution in [0.5, 0.6) is 0 Å². The van der Waals surface area contributed by atoms with E-state index in [1.807, 2.05) is 0 Å². The van der Waals surface area contributed by atoms with E-state index >= 15 is 0 Å². The minimum atomic E-state index is -1.14. The molecule has 0 radical (unpaired) electrons. The zero-order valence-electron chi connectivity index (χ0n) is 9.59. The summed E-state index contributed by atoms with van der Waals surface area (Å²) in [6.45, 7) is 8.55. The van der Waals surface area contributed by atoms with Crippen molar-refractivity contribution in [3.63, 3.8) is 0 Å². The Kier molecular flexibility index (Phi) is 6.00. The van der Waals surface area contributed by atoms with Crippen LogP contribution in [0.3, 0.4) is 0 Å². The van der Waals surface area contributed by atoms with Gasteiger partial charge in [-0.1, -0.05) is 19.1 Å². The number of rotatable bonds is 8. The molecule has 3 N–H and O–H groups in total. The van der Waals surface area contributed by atoms with E-state index in [0.717, 1.165) is 0 Å². The molecule has 0 fully saturated rings. The summed E-state index contributed by atoms with van der Waals surface area (Å²) in [4.78, 5) is 11.3. The van der Waals surface area contributed by atoms with Gasteiger partial charge in [-0.05, 0) is 19.3 Å². The number of carboxylic acids is 1. The van der Waals surface area contributed by atoms with Gasteiger partial charge in [0.15, 0.2) is 0 Å². The topological polar surface area (TPSA) is 77.8 Å². The monoisotopic (exact) mass is 228 g/mol. The van der Waals surface area contributed by atoms with Crippen LogP contribution in [0.25, 0.3) is 0 Å². The van der Waals surface area contributed by atoms with E-state index in [4.69, 9.17) is 0 Å². The second-order valence-corrected chi connectivity index (χ2v) is 3.95. The third-order valence-electron chi connectivity index (χ3n) is 2.87. The smallest absolute Gasteiger partial charge is 0.309 e. The number of aliphatic carboxylic acids is 1. The van der Waals surface area contributed by atoms with Crippen molar-refractivity contribution >= 4 is 5.97 Å². The third kappa shape index (κ3) is 3.79. The standard InChI is InChI=1S/C12H20O4/c1-4-9(13)7-12(6-3,11(15)16)8-10(14)5-2/h4-5,9-10,13-14H,1-2,6-8H2,3H3,(H,15,16). The van der Waals surface area contributed by atoms with Gasteiger partial charge in [0.2, 0.25) is 0 Å². The summed E-state index contributed by atoms with van der Waals surface area (Å²) in [6, 6.07) is 0. The van der Waals surface area contributed by atoms with Crippen molar-refractivity contribution in [3.05, 3.63) is 25.3 Å². The SMILES string of the molecule is C=CC(O)CC(CC)(CC(O)C=C)C(=O)O. The Hall–Kier alpha value is -1.13. The predicted octanol–water partition coefficient (Wildman–Crippen LogP) is 1.34. The van der Waals surface area contributed by atoms with Gasteiger partial charge in [0.1, 0.15) is 0 Å². The van der Waals surface area contributed by atoms with Gasteiger partial charge < -0.3 is 15.3 Å². The molecule has 0 spiro atoms. The molecular weight excluding hydrogens is 208 g/mol. The molecule has 16 heavy (non-hydrogen) atoms. The first kappa shape index (κ1) is 14.9. The van der Waals surface area contributed by atoms with Crippen LogP contribution in [0.4, 0.5) is 0 Å². The van der Waals surface area contributed by atoms with Crippen LogP contribution < -0.4 is 0 Å². The fourth-order valence-electron chi connectivity index (χ4n) is 1.67. The van der Waals surface area contributed by atoms with Crippen molar-refractivity contribution in [2.45, 2.75) is 38.4 Å². The van der Waals surface area contributed by atoms with Gasteiger partial charge in [-0.2, -0.15) is 0 Å². The maximum absolute atomic E-state index is 11.3. The number of hydrogen-bond donors (Lipinski definition) is 3. The van der Waals surface area contributed by atoms with Crippen LogP contribution in [0.15, 0.2) is 25.3 Å². The first-order chi connectivity index (χ1) is 7.41. The molecule has 0 heterocycles. The van der Waals surface area contributed by atoms with Gasteiger partial charge in [0.25, 0.3) is 0 Å². The van der Waals surface area contributed by atoms with E-state index in [1.54, 1.807) is 6.92 Å². The van der Waals surface area contributed by atoms with Gasteiger partial charge in [0.05, 0.1) is 17.6 Å². The molecule has 0 amide bonds. The largest absolute Gasteiger partial charge is 0.481 e. The summed E-state index contributed by atoms with van der Waals surface area (Å²) in [7, 11) is 0. The van der Waals surface area contributed by atoms with E-state index in [1.165, 1.54) is 12.2 Å². The summed E-state index contributed by atoms with van der Waals surface area (Å²) >= 11 is 0. The van der Waals surface area contributed by atoms with Gasteiger partial charge in [-0.3, -0.25) is 4.79 Å². The zero-order valence-corrected chi connectivity index (χ0v) is 9.59. The lowest BCUT2D eigenvalue weighted by Crippen LogP contribution is -2.37. The van der Waals surface area contributed by atoms with Crippen LogP contribution in [0, 0.1) is 5.41 Å². The lowest BCUT2D eigenvalue weighted by atomic mass is 9.75. The van der Waals surface area contributed by atoms with Crippen LogP contribution in [-0.2, 0) is 4.79 Å². The Balaban J connectivity index is 4.91. The fourth-order valence-corrected chi connectivity index (χ4v) is 1.67. The molecule has 2 unspecified atom stereocenters. The van der Waals surface area contributed by atoms with Gasteiger partial charge in [-0.15, -0.1) is 13.2 Å². The lowest BCUT2D eigenvalue weighted by molar-refractivity contribution is -0.152. The first-order valence-corrected chi connectivity index (χ1v) is 5.26. The van der Waals surface area contributed by atoms with E-state index in [2.05, 4.69) is 13.2 Å². The van der Waals surface area contributed by atoms with Crippen LogP contribution >= 0.6 is 0 Å². The molecular formula is C12H20O4. The van der Waals surface area contributed by atoms with Gasteiger partial charge in [-0.25, -0.2) is 0 Å². The van der Waals surface area contributed by atoms with Crippen molar-refractivity contribution < 1.29 is 20.1 Å². The van der Waals surface area contributed by atoms with Crippen molar-refractivity contribution in [2.24, 2.45) is 5.41 Å². The third-order valence-corrected chi connectivity index (χ3v) is 2.87. The fraction of sp³-hybridized carbons (Fsp3) is 0.583. The number of carboxylic acid groups (broad SMARTS) is 1. The number of hydrogen-bond acceptors (Lipinski definition) is 3. The van der Waals surface area contributed by atoms with Crippen molar-refractivity contribution in [2.75, 3.05) is 0 Å². The number of aliphatic hydroxyl groups is 2. The van der Waals surface area contributed by atoms with Crippen molar-refractivity contribution in [3.8, 4) is 0 Å². The molecule has 4 heteroatoms. The predicted molar refractivity (Wildman–Crippen MR) is 62.0 cm³/mol. The Morgan fingerprint density at radius 1 is 1.25 bits per heavy atom. The maximum atomic E-state index is 11.3. The van der Waals surface area contributed by atoms with Crippen LogP contribution in [0.1, 0.15) is 26.2 Å². The normalized spacial score (nSPS) is 18.2. The molecule has 0 aromatic heterocycles. The second kappa shape index (κ2) is 6.45.